The van der Waals surface area contributed by atoms with Crippen molar-refractivity contribution in [3.8, 4) is 50.2 Å². The second kappa shape index (κ2) is 16.0. The normalized spacial score (nSPS) is 13.5. The van der Waals surface area contributed by atoms with Crippen LogP contribution in [0.3, 0.4) is 0 Å². The molecule has 0 fully saturated rings. The first kappa shape index (κ1) is 43.4. The van der Waals surface area contributed by atoms with Gasteiger partial charge in [0.15, 0.2) is 0 Å². The van der Waals surface area contributed by atoms with Crippen molar-refractivity contribution in [3.63, 3.8) is 0 Å². The highest BCUT2D eigenvalue weighted by Gasteiger charge is 2.47. The summed E-state index contributed by atoms with van der Waals surface area (Å²) >= 11 is 0. The molecule has 10 aromatic rings. The van der Waals surface area contributed by atoms with Crippen LogP contribution < -0.4 is 0 Å². The third kappa shape index (κ3) is 7.05. The zero-order valence-electron chi connectivity index (χ0n) is 41.1. The van der Waals surface area contributed by atoms with Gasteiger partial charge in [0.2, 0.25) is 0 Å². The number of rotatable bonds is 6. The minimum Gasteiger partial charge on any atom is -0.309 e. The van der Waals surface area contributed by atoms with Gasteiger partial charge in [-0.1, -0.05) is 244 Å². The summed E-state index contributed by atoms with van der Waals surface area (Å²) in [6.45, 7) is 21.1. The molecule has 0 amide bonds. The smallest absolute Gasteiger partial charge is 0.0742 e. The zero-order chi connectivity index (χ0) is 47.2. The maximum atomic E-state index is 2.61. The Labute approximate surface area is 403 Å². The van der Waals surface area contributed by atoms with Gasteiger partial charge in [-0.05, 0) is 124 Å². The number of hydrogen-bond donors (Lipinski definition) is 0. The third-order valence-corrected chi connectivity index (χ3v) is 14.8. The molecule has 0 N–H and O–H groups in total. The van der Waals surface area contributed by atoms with E-state index in [0.29, 0.717) is 0 Å². The Morgan fingerprint density at radius 3 is 1.16 bits per heavy atom. The van der Waals surface area contributed by atoms with E-state index in [1.165, 1.54) is 111 Å². The molecule has 1 heteroatoms. The minimum absolute atomic E-state index is 0.00170. The monoisotopic (exact) mass is 879 g/mol. The quantitative estimate of drug-likeness (QED) is 0.157. The van der Waals surface area contributed by atoms with Crippen molar-refractivity contribution in [3.05, 3.63) is 245 Å². The van der Waals surface area contributed by atoms with Gasteiger partial charge in [-0.15, -0.1) is 0 Å². The first-order valence-corrected chi connectivity index (χ1v) is 24.4. The molecule has 1 aliphatic rings. The summed E-state index contributed by atoms with van der Waals surface area (Å²) in [5.41, 5.74) is 21.8. The van der Waals surface area contributed by atoms with Crippen LogP contribution in [0.25, 0.3) is 72.0 Å². The van der Waals surface area contributed by atoms with Gasteiger partial charge < -0.3 is 4.57 Å². The molecule has 0 radical (unpaired) electrons. The highest BCUT2D eigenvalue weighted by Crippen LogP contribution is 2.56. The van der Waals surface area contributed by atoms with E-state index in [9.17, 15) is 0 Å². The molecule has 68 heavy (non-hydrogen) atoms. The van der Waals surface area contributed by atoms with Gasteiger partial charge in [0.05, 0.1) is 22.1 Å². The van der Waals surface area contributed by atoms with Crippen LogP contribution in [-0.2, 0) is 21.7 Å². The van der Waals surface area contributed by atoms with E-state index >= 15 is 0 Å². The summed E-state index contributed by atoms with van der Waals surface area (Å²) in [5.74, 6) is 0. The zero-order valence-corrected chi connectivity index (χ0v) is 41.1. The second-order valence-electron chi connectivity index (χ2n) is 22.2. The molecular weight excluding hydrogens is 819 g/mol. The predicted octanol–water partition coefficient (Wildman–Crippen LogP) is 18.0. The average Bonchev–Trinajstić information content (AvgIpc) is 3.68. The summed E-state index contributed by atoms with van der Waals surface area (Å²) in [7, 11) is 0. The lowest BCUT2D eigenvalue weighted by Gasteiger charge is -2.43. The summed E-state index contributed by atoms with van der Waals surface area (Å²) in [4.78, 5) is 0. The molecular formula is C67H61N. The van der Waals surface area contributed by atoms with E-state index in [-0.39, 0.29) is 16.2 Å². The van der Waals surface area contributed by atoms with Crippen molar-refractivity contribution >= 4 is 21.8 Å². The molecule has 9 aromatic carbocycles. The molecule has 0 unspecified atom stereocenters. The largest absolute Gasteiger partial charge is 0.309 e. The number of benzene rings is 9. The third-order valence-electron chi connectivity index (χ3n) is 14.8. The molecule has 0 saturated heterocycles. The number of hydrogen-bond acceptors (Lipinski definition) is 0. The van der Waals surface area contributed by atoms with E-state index in [1.807, 2.05) is 0 Å². The van der Waals surface area contributed by atoms with Gasteiger partial charge in [-0.3, -0.25) is 0 Å². The van der Waals surface area contributed by atoms with Crippen LogP contribution in [-0.4, -0.2) is 4.57 Å². The van der Waals surface area contributed by atoms with Gasteiger partial charge >= 0.3 is 0 Å². The van der Waals surface area contributed by atoms with Crippen molar-refractivity contribution in [1.29, 1.82) is 0 Å². The molecule has 334 valence electrons. The molecule has 1 aromatic heterocycles. The highest BCUT2D eigenvalue weighted by atomic mass is 15.0. The van der Waals surface area contributed by atoms with Gasteiger partial charge in [0, 0.05) is 10.8 Å². The van der Waals surface area contributed by atoms with Crippen molar-refractivity contribution in [2.75, 3.05) is 0 Å². The van der Waals surface area contributed by atoms with Crippen LogP contribution in [0.4, 0.5) is 0 Å². The van der Waals surface area contributed by atoms with Crippen LogP contribution in [0.5, 0.6) is 0 Å². The predicted molar refractivity (Wildman–Crippen MR) is 290 cm³/mol. The molecule has 0 saturated carbocycles. The maximum absolute atomic E-state index is 2.61. The fraction of sp³-hybridized carbons (Fsp3) is 0.194. The van der Waals surface area contributed by atoms with E-state index in [2.05, 4.69) is 273 Å². The Kier molecular flexibility index (Phi) is 10.2. The van der Waals surface area contributed by atoms with Gasteiger partial charge in [-0.2, -0.15) is 0 Å². The Bertz CT molecular complexity index is 3380. The second-order valence-corrected chi connectivity index (χ2v) is 22.2. The highest BCUT2D eigenvalue weighted by molar-refractivity contribution is 6.13. The first-order valence-electron chi connectivity index (χ1n) is 24.4. The molecule has 0 bridgehead atoms. The van der Waals surface area contributed by atoms with Crippen LogP contribution >= 0.6 is 0 Å². The van der Waals surface area contributed by atoms with Crippen LogP contribution in [0.15, 0.2) is 206 Å². The number of nitrogens with zero attached hydrogens (tertiary/aromatic N) is 1. The molecule has 11 rings (SSSR count). The Balaban J connectivity index is 1.26. The Morgan fingerprint density at radius 1 is 0.324 bits per heavy atom. The Hall–Kier alpha value is -7.22. The lowest BCUT2D eigenvalue weighted by atomic mass is 9.61. The lowest BCUT2D eigenvalue weighted by molar-refractivity contribution is 0.583. The molecule has 0 spiro atoms. The Morgan fingerprint density at radius 2 is 0.706 bits per heavy atom. The molecule has 1 nitrogen and oxygen atoms in total. The summed E-state index contributed by atoms with van der Waals surface area (Å²) in [6.07, 6.45) is 0. The standard InChI is InChI=1S/C67H61N/c1-64(2,3)50-36-38-61-57(40-50)58-41-52(66(7,8)9)43-60-63(58)68(61)62-39-37-51(65(4,5)6)42-59(62)67(60,48-32-28-46(29-33-48)55-26-18-16-24-53(55)44-20-12-10-13-21-44)49-34-30-47(31-35-49)56-27-19-17-25-54(56)45-22-14-11-15-23-45/h10-43H,1-9H3. The fourth-order valence-electron chi connectivity index (χ4n) is 11.0. The summed E-state index contributed by atoms with van der Waals surface area (Å²) < 4.78 is 2.61. The molecule has 0 atom stereocenters. The lowest BCUT2D eigenvalue weighted by Crippen LogP contribution is -2.36. The van der Waals surface area contributed by atoms with Gasteiger partial charge in [0.25, 0.3) is 0 Å². The minimum atomic E-state index is -0.692. The molecule has 1 aliphatic heterocycles. The maximum Gasteiger partial charge on any atom is 0.0742 e. The van der Waals surface area contributed by atoms with Gasteiger partial charge in [0.1, 0.15) is 0 Å². The van der Waals surface area contributed by atoms with E-state index in [1.54, 1.807) is 0 Å². The van der Waals surface area contributed by atoms with Crippen molar-refractivity contribution in [1.82, 2.24) is 4.57 Å². The topological polar surface area (TPSA) is 4.93 Å². The number of fused-ring (bicyclic) bond motifs is 5. The average molecular weight is 880 g/mol. The van der Waals surface area contributed by atoms with Crippen LogP contribution in [0.2, 0.25) is 0 Å². The van der Waals surface area contributed by atoms with Crippen LogP contribution in [0, 0.1) is 0 Å². The van der Waals surface area contributed by atoms with Crippen molar-refractivity contribution in [2.24, 2.45) is 0 Å². The molecule has 0 aliphatic carbocycles. The first-order chi connectivity index (χ1) is 32.6. The summed E-state index contributed by atoms with van der Waals surface area (Å²) in [5, 5.41) is 2.62. The van der Waals surface area contributed by atoms with Crippen LogP contribution in [0.1, 0.15) is 101 Å². The molecule has 2 heterocycles. The van der Waals surface area contributed by atoms with E-state index < -0.39 is 5.41 Å². The number of aromatic nitrogens is 1. The van der Waals surface area contributed by atoms with Gasteiger partial charge in [-0.25, -0.2) is 0 Å². The SMILES string of the molecule is CC(C)(C)c1ccc2c(c1)C(c1ccc(-c3ccccc3-c3ccccc3)cc1)(c1ccc(-c3ccccc3-c3ccccc3)cc1)c1cc(C(C)(C)C)cc3c4cc(C(C)(C)C)ccc4n-2c13. The van der Waals surface area contributed by atoms with Crippen molar-refractivity contribution < 1.29 is 0 Å². The fourth-order valence-corrected chi connectivity index (χ4v) is 11.0. The van der Waals surface area contributed by atoms with Crippen molar-refractivity contribution in [2.45, 2.75) is 84.0 Å². The van der Waals surface area contributed by atoms with E-state index in [4.69, 9.17) is 0 Å². The van der Waals surface area contributed by atoms with E-state index in [0.717, 1.165) is 0 Å². The summed E-state index contributed by atoms with van der Waals surface area (Å²) in [6, 6.07) is 78.2.